The predicted molar refractivity (Wildman–Crippen MR) is 79.5 cm³/mol. The van der Waals surface area contributed by atoms with Crippen molar-refractivity contribution in [1.82, 2.24) is 10.3 Å². The summed E-state index contributed by atoms with van der Waals surface area (Å²) >= 11 is 0. The van der Waals surface area contributed by atoms with Gasteiger partial charge in [0.25, 0.3) is 5.91 Å². The highest BCUT2D eigenvalue weighted by molar-refractivity contribution is 6.07. The molecule has 8 nitrogen and oxygen atoms in total. The molecule has 8 heteroatoms. The molecule has 0 saturated carbocycles. The van der Waals surface area contributed by atoms with Crippen molar-refractivity contribution in [3.63, 3.8) is 0 Å². The number of esters is 1. The Morgan fingerprint density at radius 2 is 2.18 bits per heavy atom. The number of nitrogens with one attached hydrogen (secondary N) is 1. The van der Waals surface area contributed by atoms with E-state index in [-0.39, 0.29) is 23.0 Å². The molecule has 0 fully saturated rings. The molecule has 1 aromatic heterocycles. The van der Waals surface area contributed by atoms with Crippen molar-refractivity contribution in [2.75, 3.05) is 7.11 Å². The molecule has 0 radical (unpaired) electrons. The number of hydrogen-bond acceptors (Lipinski definition) is 6. The van der Waals surface area contributed by atoms with E-state index >= 15 is 0 Å². The number of carbonyl (C=O) groups excluding carboxylic acids is 2. The fraction of sp³-hybridized carbons (Fsp3) is 0.429. The number of ether oxygens (including phenoxy) is 1. The van der Waals surface area contributed by atoms with Crippen LogP contribution in [0.5, 0.6) is 0 Å². The van der Waals surface area contributed by atoms with Crippen LogP contribution in [-0.2, 0) is 9.53 Å². The molecule has 1 rings (SSSR count). The molecule has 1 heterocycles. The van der Waals surface area contributed by atoms with Gasteiger partial charge in [-0.05, 0) is 24.5 Å². The molecule has 1 aromatic rings. The highest BCUT2D eigenvalue weighted by atomic mass is 16.5. The molecule has 1 atom stereocenters. The van der Waals surface area contributed by atoms with Gasteiger partial charge in [-0.15, -0.1) is 0 Å². The van der Waals surface area contributed by atoms with Gasteiger partial charge in [0.1, 0.15) is 11.7 Å². The van der Waals surface area contributed by atoms with Crippen LogP contribution in [-0.4, -0.2) is 41.1 Å². The summed E-state index contributed by atoms with van der Waals surface area (Å²) in [7, 11) is 1.26. The van der Waals surface area contributed by atoms with E-state index in [0.717, 1.165) is 0 Å². The van der Waals surface area contributed by atoms with Gasteiger partial charge in [-0.1, -0.05) is 19.0 Å². The molecule has 0 spiro atoms. The molecule has 22 heavy (non-hydrogen) atoms. The Bertz CT molecular complexity index is 572. The van der Waals surface area contributed by atoms with E-state index in [1.54, 1.807) is 6.07 Å². The number of rotatable bonds is 6. The topological polar surface area (TPSA) is 127 Å². The van der Waals surface area contributed by atoms with Crippen molar-refractivity contribution in [3.05, 3.63) is 29.6 Å². The number of pyridine rings is 1. The molecule has 0 bridgehead atoms. The van der Waals surface area contributed by atoms with Crippen molar-refractivity contribution in [2.45, 2.75) is 26.3 Å². The second kappa shape index (κ2) is 7.96. The number of hydrogen-bond donors (Lipinski definition) is 3. The Balaban J connectivity index is 3.02. The lowest BCUT2D eigenvalue weighted by atomic mass is 10.0. The van der Waals surface area contributed by atoms with Crippen molar-refractivity contribution < 1.29 is 19.5 Å². The average molecular weight is 308 g/mol. The van der Waals surface area contributed by atoms with Crippen molar-refractivity contribution in [2.24, 2.45) is 16.8 Å². The van der Waals surface area contributed by atoms with Gasteiger partial charge in [0, 0.05) is 6.20 Å². The second-order valence-corrected chi connectivity index (χ2v) is 5.06. The van der Waals surface area contributed by atoms with Crippen LogP contribution in [0.2, 0.25) is 0 Å². The third-order valence-electron chi connectivity index (χ3n) is 2.90. The van der Waals surface area contributed by atoms with Crippen LogP contribution in [0.3, 0.4) is 0 Å². The molecule has 0 aliphatic heterocycles. The van der Waals surface area contributed by atoms with E-state index in [1.807, 2.05) is 13.8 Å². The first kappa shape index (κ1) is 17.4. The summed E-state index contributed by atoms with van der Waals surface area (Å²) in [5.41, 5.74) is 5.64. The number of methoxy groups -OCH3 is 1. The minimum Gasteiger partial charge on any atom is -0.467 e. The molecule has 0 saturated heterocycles. The lowest BCUT2D eigenvalue weighted by molar-refractivity contribution is -0.143. The average Bonchev–Trinajstić information content (AvgIpc) is 2.52. The van der Waals surface area contributed by atoms with Gasteiger partial charge in [-0.25, -0.2) is 4.79 Å². The third kappa shape index (κ3) is 4.44. The van der Waals surface area contributed by atoms with E-state index in [4.69, 9.17) is 15.7 Å². The summed E-state index contributed by atoms with van der Waals surface area (Å²) in [4.78, 5) is 28.0. The zero-order valence-corrected chi connectivity index (χ0v) is 12.7. The minimum absolute atomic E-state index is 0.0377. The quantitative estimate of drug-likeness (QED) is 0.231. The molecule has 4 N–H and O–H groups in total. The first-order valence-corrected chi connectivity index (χ1v) is 6.72. The van der Waals surface area contributed by atoms with Gasteiger partial charge in [0.2, 0.25) is 0 Å². The zero-order valence-electron chi connectivity index (χ0n) is 12.7. The fourth-order valence-corrected chi connectivity index (χ4v) is 1.90. The Kier molecular flexibility index (Phi) is 6.30. The maximum atomic E-state index is 12.3. The minimum atomic E-state index is -0.780. The van der Waals surface area contributed by atoms with E-state index in [9.17, 15) is 9.59 Å². The van der Waals surface area contributed by atoms with Gasteiger partial charge in [0.15, 0.2) is 5.84 Å². The SMILES string of the molecule is COC(=O)[C@H](CC(C)C)NC(=O)c1cccnc1/C(N)=N/O. The first-order valence-electron chi connectivity index (χ1n) is 6.72. The molecule has 120 valence electrons. The zero-order chi connectivity index (χ0) is 16.7. The van der Waals surface area contributed by atoms with E-state index in [0.29, 0.717) is 6.42 Å². The van der Waals surface area contributed by atoms with Gasteiger partial charge >= 0.3 is 5.97 Å². The first-order chi connectivity index (χ1) is 10.4. The van der Waals surface area contributed by atoms with Crippen molar-refractivity contribution in [3.8, 4) is 0 Å². The summed E-state index contributed by atoms with van der Waals surface area (Å²) in [5.74, 6) is -1.19. The summed E-state index contributed by atoms with van der Waals surface area (Å²) in [6, 6.07) is 2.23. The van der Waals surface area contributed by atoms with Crippen LogP contribution in [0.25, 0.3) is 0 Å². The van der Waals surface area contributed by atoms with Crippen molar-refractivity contribution in [1.29, 1.82) is 0 Å². The highest BCUT2D eigenvalue weighted by Crippen LogP contribution is 2.10. The summed E-state index contributed by atoms with van der Waals surface area (Å²) in [6.07, 6.45) is 1.84. The maximum Gasteiger partial charge on any atom is 0.328 e. The van der Waals surface area contributed by atoms with E-state index in [1.165, 1.54) is 19.4 Å². The van der Waals surface area contributed by atoms with Crippen LogP contribution in [0.4, 0.5) is 0 Å². The summed E-state index contributed by atoms with van der Waals surface area (Å²) in [6.45, 7) is 3.85. The van der Waals surface area contributed by atoms with Gasteiger partial charge in [0.05, 0.1) is 12.7 Å². The van der Waals surface area contributed by atoms with Crippen LogP contribution in [0.1, 0.15) is 36.3 Å². The Morgan fingerprint density at radius 1 is 1.50 bits per heavy atom. The molecule has 0 aromatic carbocycles. The normalized spacial score (nSPS) is 12.8. The van der Waals surface area contributed by atoms with E-state index < -0.39 is 17.9 Å². The number of carbonyl (C=O) groups is 2. The second-order valence-electron chi connectivity index (χ2n) is 5.06. The Labute approximate surface area is 128 Å². The monoisotopic (exact) mass is 308 g/mol. The number of nitrogens with two attached hydrogens (primary N) is 1. The number of amidine groups is 1. The number of oxime groups is 1. The Morgan fingerprint density at radius 3 is 2.73 bits per heavy atom. The molecule has 1 amide bonds. The standard InChI is InChI=1S/C14H20N4O4/c1-8(2)7-10(14(20)22-3)17-13(19)9-5-4-6-16-11(9)12(15)18-21/h4-6,8,10,21H,7H2,1-3H3,(H2,15,18)(H,17,19)/t10-/m0/s1. The molecular formula is C14H20N4O4. The lowest BCUT2D eigenvalue weighted by Crippen LogP contribution is -2.43. The predicted octanol–water partition coefficient (Wildman–Crippen LogP) is 0.494. The van der Waals surface area contributed by atoms with Crippen molar-refractivity contribution >= 4 is 17.7 Å². The lowest BCUT2D eigenvalue weighted by Gasteiger charge is -2.18. The molecule has 0 aliphatic carbocycles. The molecule has 0 aliphatic rings. The van der Waals surface area contributed by atoms with Crippen LogP contribution < -0.4 is 11.1 Å². The number of nitrogens with zero attached hydrogens (tertiary/aromatic N) is 2. The maximum absolute atomic E-state index is 12.3. The smallest absolute Gasteiger partial charge is 0.328 e. The van der Waals surface area contributed by atoms with Gasteiger partial charge in [-0.2, -0.15) is 0 Å². The van der Waals surface area contributed by atoms with Gasteiger partial charge < -0.3 is 21.0 Å². The number of aromatic nitrogens is 1. The summed E-state index contributed by atoms with van der Waals surface area (Å²) in [5, 5.41) is 14.2. The largest absolute Gasteiger partial charge is 0.467 e. The number of amides is 1. The molecular weight excluding hydrogens is 288 g/mol. The van der Waals surface area contributed by atoms with Crippen LogP contribution >= 0.6 is 0 Å². The van der Waals surface area contributed by atoms with Crippen LogP contribution in [0, 0.1) is 5.92 Å². The van der Waals surface area contributed by atoms with Gasteiger partial charge in [-0.3, -0.25) is 9.78 Å². The summed E-state index contributed by atoms with van der Waals surface area (Å²) < 4.78 is 4.69. The van der Waals surface area contributed by atoms with Crippen LogP contribution in [0.15, 0.2) is 23.5 Å². The third-order valence-corrected chi connectivity index (χ3v) is 2.90. The highest BCUT2D eigenvalue weighted by Gasteiger charge is 2.25. The van der Waals surface area contributed by atoms with E-state index in [2.05, 4.69) is 15.5 Å². The fourth-order valence-electron chi connectivity index (χ4n) is 1.90. The molecule has 0 unspecified atom stereocenters. The Hall–Kier alpha value is -2.64.